The minimum Gasteiger partial charge on any atom is -0.426 e. The third-order valence-corrected chi connectivity index (χ3v) is 4.41. The smallest absolute Gasteiger partial charge is 0.325 e. The maximum atomic E-state index is 12.2. The Bertz CT molecular complexity index is 884. The summed E-state index contributed by atoms with van der Waals surface area (Å²) >= 11 is 0. The molecule has 4 heteroatoms. The highest BCUT2D eigenvalue weighted by atomic mass is 16.5. The molecule has 4 nitrogen and oxygen atoms in total. The molecule has 0 saturated carbocycles. The van der Waals surface area contributed by atoms with Gasteiger partial charge in [0.25, 0.3) is 0 Å². The summed E-state index contributed by atoms with van der Waals surface area (Å²) in [5, 5.41) is 4.59. The lowest BCUT2D eigenvalue weighted by Gasteiger charge is -2.25. The van der Waals surface area contributed by atoms with Crippen LogP contribution in [0.3, 0.4) is 0 Å². The minimum atomic E-state index is -0.225. The van der Waals surface area contributed by atoms with E-state index in [2.05, 4.69) is 29.2 Å². The summed E-state index contributed by atoms with van der Waals surface area (Å²) in [6.45, 7) is 3.20. The van der Waals surface area contributed by atoms with E-state index in [1.807, 2.05) is 30.3 Å². The fraction of sp³-hybridized carbons (Fsp3) is 0.250. The number of carbonyl (C=O) groups excluding carboxylic acids is 1. The second-order valence-electron chi connectivity index (χ2n) is 6.03. The zero-order valence-electron chi connectivity index (χ0n) is 13.4. The highest BCUT2D eigenvalue weighted by Gasteiger charge is 2.15. The van der Waals surface area contributed by atoms with Crippen molar-refractivity contribution in [1.82, 2.24) is 4.90 Å². The van der Waals surface area contributed by atoms with E-state index in [1.54, 1.807) is 0 Å². The van der Waals surface area contributed by atoms with E-state index in [9.17, 15) is 4.79 Å². The SMILES string of the molecule is O=C(CN1CCOCC1)Oc1ccc2ccc3ccccc3c2c1. The van der Waals surface area contributed by atoms with Crippen molar-refractivity contribution in [1.29, 1.82) is 0 Å². The molecule has 1 saturated heterocycles. The van der Waals surface area contributed by atoms with Crippen molar-refractivity contribution < 1.29 is 14.3 Å². The van der Waals surface area contributed by atoms with Gasteiger partial charge in [-0.2, -0.15) is 0 Å². The molecule has 24 heavy (non-hydrogen) atoms. The van der Waals surface area contributed by atoms with Gasteiger partial charge in [-0.3, -0.25) is 9.69 Å². The number of rotatable bonds is 3. The highest BCUT2D eigenvalue weighted by molar-refractivity contribution is 6.07. The number of morpholine rings is 1. The molecule has 0 N–H and O–H groups in total. The van der Waals surface area contributed by atoms with E-state index in [0.717, 1.165) is 23.9 Å². The molecule has 4 rings (SSSR count). The van der Waals surface area contributed by atoms with E-state index in [4.69, 9.17) is 9.47 Å². The number of nitrogens with zero attached hydrogens (tertiary/aromatic N) is 1. The minimum absolute atomic E-state index is 0.225. The second kappa shape index (κ2) is 6.59. The van der Waals surface area contributed by atoms with Crippen LogP contribution >= 0.6 is 0 Å². The highest BCUT2D eigenvalue weighted by Crippen LogP contribution is 2.28. The topological polar surface area (TPSA) is 38.8 Å². The van der Waals surface area contributed by atoms with Gasteiger partial charge in [0.15, 0.2) is 0 Å². The molecule has 3 aromatic rings. The number of ether oxygens (including phenoxy) is 2. The first-order valence-corrected chi connectivity index (χ1v) is 8.22. The lowest BCUT2D eigenvalue weighted by atomic mass is 10.0. The molecule has 1 heterocycles. The van der Waals surface area contributed by atoms with Crippen LogP contribution in [0.1, 0.15) is 0 Å². The molecule has 3 aromatic carbocycles. The van der Waals surface area contributed by atoms with Crippen LogP contribution in [0.4, 0.5) is 0 Å². The van der Waals surface area contributed by atoms with E-state index in [-0.39, 0.29) is 5.97 Å². The summed E-state index contributed by atoms with van der Waals surface area (Å²) < 4.78 is 10.8. The van der Waals surface area contributed by atoms with Crippen LogP contribution in [0.15, 0.2) is 54.6 Å². The molecule has 1 aliphatic heterocycles. The third-order valence-electron chi connectivity index (χ3n) is 4.41. The fourth-order valence-electron chi connectivity index (χ4n) is 3.15. The molecule has 1 fully saturated rings. The Hall–Kier alpha value is -2.43. The molecule has 122 valence electrons. The molecule has 0 unspecified atom stereocenters. The summed E-state index contributed by atoms with van der Waals surface area (Å²) in [7, 11) is 0. The van der Waals surface area contributed by atoms with Gasteiger partial charge >= 0.3 is 5.97 Å². The lowest BCUT2D eigenvalue weighted by molar-refractivity contribution is -0.136. The fourth-order valence-corrected chi connectivity index (χ4v) is 3.15. The van der Waals surface area contributed by atoms with Crippen molar-refractivity contribution in [3.63, 3.8) is 0 Å². The first-order chi connectivity index (χ1) is 11.8. The Morgan fingerprint density at radius 1 is 0.958 bits per heavy atom. The van der Waals surface area contributed by atoms with Crippen molar-refractivity contribution in [3.8, 4) is 5.75 Å². The predicted octanol–water partition coefficient (Wildman–Crippen LogP) is 3.23. The maximum absolute atomic E-state index is 12.2. The Morgan fingerprint density at radius 2 is 1.67 bits per heavy atom. The van der Waals surface area contributed by atoms with Crippen molar-refractivity contribution >= 4 is 27.5 Å². The first-order valence-electron chi connectivity index (χ1n) is 8.22. The number of esters is 1. The van der Waals surface area contributed by atoms with Gasteiger partial charge in [-0.1, -0.05) is 42.5 Å². The molecule has 0 aromatic heterocycles. The number of hydrogen-bond donors (Lipinski definition) is 0. The molecule has 0 amide bonds. The monoisotopic (exact) mass is 321 g/mol. The van der Waals surface area contributed by atoms with Gasteiger partial charge in [0.1, 0.15) is 5.75 Å². The molecule has 0 aliphatic carbocycles. The molecular weight excluding hydrogens is 302 g/mol. The normalized spacial score (nSPS) is 15.7. The van der Waals surface area contributed by atoms with E-state index in [0.29, 0.717) is 25.5 Å². The van der Waals surface area contributed by atoms with Gasteiger partial charge in [0.05, 0.1) is 19.8 Å². The van der Waals surface area contributed by atoms with Crippen molar-refractivity contribution in [2.24, 2.45) is 0 Å². The van der Waals surface area contributed by atoms with Gasteiger partial charge in [-0.05, 0) is 33.7 Å². The predicted molar refractivity (Wildman–Crippen MR) is 94.3 cm³/mol. The van der Waals surface area contributed by atoms with E-state index < -0.39 is 0 Å². The van der Waals surface area contributed by atoms with E-state index in [1.165, 1.54) is 10.8 Å². The quantitative estimate of drug-likeness (QED) is 0.422. The number of benzene rings is 3. The summed E-state index contributed by atoms with van der Waals surface area (Å²) in [6.07, 6.45) is 0. The van der Waals surface area contributed by atoms with Gasteiger partial charge < -0.3 is 9.47 Å². The number of hydrogen-bond acceptors (Lipinski definition) is 4. The zero-order chi connectivity index (χ0) is 16.4. The summed E-state index contributed by atoms with van der Waals surface area (Å²) in [6, 6.07) is 18.3. The van der Waals surface area contributed by atoms with Crippen molar-refractivity contribution in [2.45, 2.75) is 0 Å². The molecule has 0 atom stereocenters. The summed E-state index contributed by atoms with van der Waals surface area (Å²) in [4.78, 5) is 14.2. The maximum Gasteiger partial charge on any atom is 0.325 e. The van der Waals surface area contributed by atoms with Crippen LogP contribution in [0.2, 0.25) is 0 Å². The lowest BCUT2D eigenvalue weighted by Crippen LogP contribution is -2.40. The largest absolute Gasteiger partial charge is 0.426 e. The van der Waals surface area contributed by atoms with Crippen molar-refractivity contribution in [2.75, 3.05) is 32.8 Å². The van der Waals surface area contributed by atoms with E-state index >= 15 is 0 Å². The Labute approximate surface area is 140 Å². The third kappa shape index (κ3) is 3.11. The summed E-state index contributed by atoms with van der Waals surface area (Å²) in [5.74, 6) is 0.369. The molecule has 0 spiro atoms. The Kier molecular flexibility index (Phi) is 4.15. The van der Waals surface area contributed by atoms with Crippen LogP contribution in [0, 0.1) is 0 Å². The Morgan fingerprint density at radius 3 is 2.50 bits per heavy atom. The first kappa shape index (κ1) is 15.1. The van der Waals surface area contributed by atoms with Crippen LogP contribution in [-0.2, 0) is 9.53 Å². The number of fused-ring (bicyclic) bond motifs is 3. The molecule has 0 radical (unpaired) electrons. The number of carbonyl (C=O) groups is 1. The second-order valence-corrected chi connectivity index (χ2v) is 6.03. The van der Waals surface area contributed by atoms with Crippen LogP contribution in [0.5, 0.6) is 5.75 Å². The average molecular weight is 321 g/mol. The van der Waals surface area contributed by atoms with Gasteiger partial charge in [-0.25, -0.2) is 0 Å². The van der Waals surface area contributed by atoms with Crippen LogP contribution in [0.25, 0.3) is 21.5 Å². The van der Waals surface area contributed by atoms with Gasteiger partial charge in [0.2, 0.25) is 0 Å². The van der Waals surface area contributed by atoms with Gasteiger partial charge in [-0.15, -0.1) is 0 Å². The van der Waals surface area contributed by atoms with Crippen LogP contribution in [-0.4, -0.2) is 43.7 Å². The summed E-state index contributed by atoms with van der Waals surface area (Å²) in [5.41, 5.74) is 0. The average Bonchev–Trinajstić information content (AvgIpc) is 2.62. The molecule has 0 bridgehead atoms. The zero-order valence-corrected chi connectivity index (χ0v) is 13.4. The van der Waals surface area contributed by atoms with Crippen LogP contribution < -0.4 is 4.74 Å². The molecular formula is C20H19NO3. The van der Waals surface area contributed by atoms with Gasteiger partial charge in [0, 0.05) is 13.1 Å². The Balaban J connectivity index is 1.57. The molecule has 1 aliphatic rings. The van der Waals surface area contributed by atoms with Crippen molar-refractivity contribution in [3.05, 3.63) is 54.6 Å². The standard InChI is InChI=1S/C20H19NO3/c22-20(14-21-9-11-23-12-10-21)24-17-8-7-16-6-5-15-3-1-2-4-18(15)19(16)13-17/h1-8,13H,9-12,14H2.